The molecular formula is C29H20Cl2N4O3. The highest BCUT2D eigenvalue weighted by atomic mass is 35.5. The number of hydrogen-bond acceptors (Lipinski definition) is 5. The average Bonchev–Trinajstić information content (AvgIpc) is 3.64. The summed E-state index contributed by atoms with van der Waals surface area (Å²) < 4.78 is 1.65. The van der Waals surface area contributed by atoms with Crippen LogP contribution in [0.5, 0.6) is 0 Å². The molecular weight excluding hydrogens is 523 g/mol. The number of carbonyl (C=O) groups excluding carboxylic acids is 2. The summed E-state index contributed by atoms with van der Waals surface area (Å²) in [5.74, 6) is -1.48. The number of aromatic nitrogens is 2. The predicted molar refractivity (Wildman–Crippen MR) is 144 cm³/mol. The van der Waals surface area contributed by atoms with Gasteiger partial charge in [0, 0.05) is 11.6 Å². The third-order valence-corrected chi connectivity index (χ3v) is 9.62. The normalized spacial score (nSPS) is 27.3. The zero-order chi connectivity index (χ0) is 25.9. The van der Waals surface area contributed by atoms with Gasteiger partial charge in [0.15, 0.2) is 0 Å². The molecule has 4 aliphatic rings. The molecule has 4 aromatic rings. The van der Waals surface area contributed by atoms with E-state index >= 15 is 0 Å². The summed E-state index contributed by atoms with van der Waals surface area (Å²) >= 11 is 12.8. The van der Waals surface area contributed by atoms with Crippen LogP contribution in [0.15, 0.2) is 71.5 Å². The van der Waals surface area contributed by atoms with E-state index in [4.69, 9.17) is 28.2 Å². The van der Waals surface area contributed by atoms with Crippen LogP contribution in [-0.4, -0.2) is 38.9 Å². The number of halogens is 2. The molecule has 0 bridgehead atoms. The fourth-order valence-electron chi connectivity index (χ4n) is 7.52. The number of benzene rings is 3. The highest BCUT2D eigenvalue weighted by molar-refractivity contribution is 6.45. The van der Waals surface area contributed by atoms with Crippen LogP contribution in [0.3, 0.4) is 0 Å². The van der Waals surface area contributed by atoms with Gasteiger partial charge in [0.1, 0.15) is 11.4 Å². The lowest BCUT2D eigenvalue weighted by Gasteiger charge is -2.38. The molecule has 0 aliphatic carbocycles. The van der Waals surface area contributed by atoms with Crippen molar-refractivity contribution < 1.29 is 9.59 Å². The van der Waals surface area contributed by atoms with Gasteiger partial charge >= 0.3 is 0 Å². The molecule has 7 nitrogen and oxygen atoms in total. The Hall–Kier alpha value is -3.52. The van der Waals surface area contributed by atoms with E-state index in [1.807, 2.05) is 42.5 Å². The van der Waals surface area contributed by atoms with Crippen LogP contribution in [-0.2, 0) is 15.1 Å². The van der Waals surface area contributed by atoms with Gasteiger partial charge in [-0.15, -0.1) is 0 Å². The summed E-state index contributed by atoms with van der Waals surface area (Å²) in [6, 6.07) is 19.7. The van der Waals surface area contributed by atoms with Gasteiger partial charge in [-0.2, -0.15) is 0 Å². The molecule has 1 spiro atoms. The standard InChI is InChI=1S/C29H20Cl2N4O3/c30-17-9-5-12-21(24(17)31)34-26(37)22-20-13-6-14-33(20)29(23(22)27(34)38)16-8-2-4-11-19(16)35-25(36)15-7-1-3-10-18(15)32-28(29)35/h1-5,7-12,20,22-23H,6,13-14H2/t20-,22+,23-,29-/m1/s1. The third kappa shape index (κ3) is 2.46. The molecule has 4 aliphatic heterocycles. The smallest absolute Gasteiger partial charge is 0.266 e. The first kappa shape index (κ1) is 22.5. The van der Waals surface area contributed by atoms with E-state index in [-0.39, 0.29) is 33.5 Å². The third-order valence-electron chi connectivity index (χ3n) is 8.81. The Morgan fingerprint density at radius 2 is 1.63 bits per heavy atom. The highest BCUT2D eigenvalue weighted by Gasteiger charge is 2.73. The topological polar surface area (TPSA) is 75.5 Å². The van der Waals surface area contributed by atoms with Gasteiger partial charge in [0.05, 0.1) is 44.2 Å². The van der Waals surface area contributed by atoms with Gasteiger partial charge in [-0.25, -0.2) is 9.88 Å². The van der Waals surface area contributed by atoms with E-state index in [1.165, 1.54) is 4.90 Å². The Balaban J connectivity index is 1.45. The maximum absolute atomic E-state index is 14.5. The van der Waals surface area contributed by atoms with Gasteiger partial charge in [-0.3, -0.25) is 23.9 Å². The average molecular weight is 543 g/mol. The van der Waals surface area contributed by atoms with Crippen LogP contribution in [0, 0.1) is 11.8 Å². The summed E-state index contributed by atoms with van der Waals surface area (Å²) in [4.78, 5) is 51.1. The molecule has 3 aromatic carbocycles. The molecule has 0 unspecified atom stereocenters. The second kappa shape index (κ2) is 7.53. The van der Waals surface area contributed by atoms with Gasteiger partial charge in [-0.05, 0) is 49.7 Å². The minimum Gasteiger partial charge on any atom is -0.283 e. The monoisotopic (exact) mass is 542 g/mol. The molecule has 0 N–H and O–H groups in total. The maximum Gasteiger partial charge on any atom is 0.266 e. The van der Waals surface area contributed by atoms with Crippen LogP contribution in [0.25, 0.3) is 16.6 Å². The fraction of sp³-hybridized carbons (Fsp3) is 0.241. The highest BCUT2D eigenvalue weighted by Crippen LogP contribution is 2.62. The molecule has 5 heterocycles. The van der Waals surface area contributed by atoms with Crippen LogP contribution in [0.2, 0.25) is 10.0 Å². The number of anilines is 1. The molecule has 3 saturated heterocycles. The number of fused-ring (bicyclic) bond motifs is 11. The Bertz CT molecular complexity index is 1800. The molecule has 9 heteroatoms. The summed E-state index contributed by atoms with van der Waals surface area (Å²) in [6.07, 6.45) is 1.66. The molecule has 188 valence electrons. The Morgan fingerprint density at radius 1 is 0.868 bits per heavy atom. The lowest BCUT2D eigenvalue weighted by atomic mass is 9.75. The fourth-order valence-corrected chi connectivity index (χ4v) is 7.90. The Labute approximate surface area is 227 Å². The minimum atomic E-state index is -1.06. The molecule has 4 atom stereocenters. The van der Waals surface area contributed by atoms with E-state index in [1.54, 1.807) is 28.8 Å². The number of hydrogen-bond donors (Lipinski definition) is 0. The molecule has 1 aromatic heterocycles. The number of carbonyl (C=O) groups is 2. The second-order valence-corrected chi connectivity index (χ2v) is 11.2. The number of nitrogens with zero attached hydrogens (tertiary/aromatic N) is 4. The van der Waals surface area contributed by atoms with Crippen molar-refractivity contribution in [3.05, 3.63) is 98.5 Å². The van der Waals surface area contributed by atoms with Crippen LogP contribution < -0.4 is 10.5 Å². The van der Waals surface area contributed by atoms with E-state index < -0.39 is 17.4 Å². The predicted octanol–water partition coefficient (Wildman–Crippen LogP) is 4.53. The number of amides is 2. The quantitative estimate of drug-likeness (QED) is 0.330. The Morgan fingerprint density at radius 3 is 2.50 bits per heavy atom. The van der Waals surface area contributed by atoms with Crippen LogP contribution in [0.1, 0.15) is 24.2 Å². The van der Waals surface area contributed by atoms with Crippen molar-refractivity contribution in [2.75, 3.05) is 11.4 Å². The minimum absolute atomic E-state index is 0.164. The van der Waals surface area contributed by atoms with E-state index in [0.717, 1.165) is 18.4 Å². The van der Waals surface area contributed by atoms with Crippen molar-refractivity contribution in [2.45, 2.75) is 24.4 Å². The lowest BCUT2D eigenvalue weighted by Crippen LogP contribution is -2.51. The Kier molecular flexibility index (Phi) is 4.45. The van der Waals surface area contributed by atoms with Gasteiger partial charge in [0.25, 0.3) is 5.56 Å². The van der Waals surface area contributed by atoms with Crippen molar-refractivity contribution in [1.82, 2.24) is 14.5 Å². The number of imide groups is 1. The van der Waals surface area contributed by atoms with Crippen molar-refractivity contribution in [1.29, 1.82) is 0 Å². The summed E-state index contributed by atoms with van der Waals surface area (Å²) in [5, 5.41) is 0.952. The van der Waals surface area contributed by atoms with Gasteiger partial charge < -0.3 is 0 Å². The maximum atomic E-state index is 14.5. The van der Waals surface area contributed by atoms with Gasteiger partial charge in [0.2, 0.25) is 11.8 Å². The molecule has 38 heavy (non-hydrogen) atoms. The van der Waals surface area contributed by atoms with Gasteiger partial charge in [-0.1, -0.05) is 59.6 Å². The number of para-hydroxylation sites is 2. The summed E-state index contributed by atoms with van der Waals surface area (Å²) in [7, 11) is 0. The molecule has 0 radical (unpaired) electrons. The van der Waals surface area contributed by atoms with Crippen molar-refractivity contribution in [3.63, 3.8) is 0 Å². The van der Waals surface area contributed by atoms with E-state index in [0.29, 0.717) is 34.6 Å². The summed E-state index contributed by atoms with van der Waals surface area (Å²) in [5.41, 5.74) is 1.16. The zero-order valence-corrected chi connectivity index (χ0v) is 21.5. The molecule has 3 fully saturated rings. The second-order valence-electron chi connectivity index (χ2n) is 10.4. The SMILES string of the molecule is O=C1[C@H]2[C@H]3CCCN3[C@]3(c4ccccc4-n4c3nc3ccccc3c4=O)[C@H]2C(=O)N1c1cccc(Cl)c1Cl. The molecule has 8 rings (SSSR count). The molecule has 2 amide bonds. The largest absolute Gasteiger partial charge is 0.283 e. The van der Waals surface area contributed by atoms with E-state index in [2.05, 4.69) is 4.90 Å². The first-order valence-electron chi connectivity index (χ1n) is 12.7. The molecule has 0 saturated carbocycles. The summed E-state index contributed by atoms with van der Waals surface area (Å²) in [6.45, 7) is 0.702. The van der Waals surface area contributed by atoms with E-state index in [9.17, 15) is 14.4 Å². The first-order valence-corrected chi connectivity index (χ1v) is 13.4. The lowest BCUT2D eigenvalue weighted by molar-refractivity contribution is -0.124. The van der Waals surface area contributed by atoms with Crippen molar-refractivity contribution in [2.24, 2.45) is 11.8 Å². The van der Waals surface area contributed by atoms with Crippen LogP contribution >= 0.6 is 23.2 Å². The van der Waals surface area contributed by atoms with Crippen molar-refractivity contribution in [3.8, 4) is 5.69 Å². The number of rotatable bonds is 1. The van der Waals surface area contributed by atoms with Crippen molar-refractivity contribution >= 4 is 51.6 Å². The zero-order valence-electron chi connectivity index (χ0n) is 20.0. The first-order chi connectivity index (χ1) is 18.5. The van der Waals surface area contributed by atoms with Crippen LogP contribution in [0.4, 0.5) is 5.69 Å².